The van der Waals surface area contributed by atoms with Gasteiger partial charge in [0, 0.05) is 12.1 Å². The number of carbonyl (C=O) groups is 2. The number of amides is 2. The van der Waals surface area contributed by atoms with Crippen LogP contribution < -0.4 is 24.4 Å². The zero-order valence-electron chi connectivity index (χ0n) is 19.5. The van der Waals surface area contributed by atoms with Gasteiger partial charge < -0.3 is 24.4 Å². The Morgan fingerprint density at radius 1 is 0.971 bits per heavy atom. The molecule has 3 aromatic carbocycles. The quantitative estimate of drug-likeness (QED) is 0.532. The Morgan fingerprint density at radius 3 is 2.47 bits per heavy atom. The second-order valence-electron chi connectivity index (χ2n) is 8.09. The second-order valence-corrected chi connectivity index (χ2v) is 8.09. The monoisotopic (exact) mass is 460 g/mol. The van der Waals surface area contributed by atoms with Gasteiger partial charge >= 0.3 is 0 Å². The summed E-state index contributed by atoms with van der Waals surface area (Å²) >= 11 is 0. The lowest BCUT2D eigenvalue weighted by Crippen LogP contribution is -2.44. The molecule has 1 atom stereocenters. The van der Waals surface area contributed by atoms with Crippen LogP contribution in [0.4, 0.5) is 11.4 Å². The van der Waals surface area contributed by atoms with Gasteiger partial charge in [-0.05, 0) is 54.8 Å². The summed E-state index contributed by atoms with van der Waals surface area (Å²) in [6.07, 6.45) is 0.279. The Morgan fingerprint density at radius 2 is 1.74 bits per heavy atom. The fraction of sp³-hybridized carbons (Fsp3) is 0.259. The summed E-state index contributed by atoms with van der Waals surface area (Å²) in [5.41, 5.74) is 3.24. The normalized spacial score (nSPS) is 14.7. The van der Waals surface area contributed by atoms with E-state index in [9.17, 15) is 9.59 Å². The van der Waals surface area contributed by atoms with Crippen molar-refractivity contribution in [1.29, 1.82) is 0 Å². The molecular weight excluding hydrogens is 432 g/mol. The Bertz CT molecular complexity index is 1180. The van der Waals surface area contributed by atoms with Crippen molar-refractivity contribution >= 4 is 23.2 Å². The molecular formula is C27H28N2O5. The molecule has 0 saturated heterocycles. The van der Waals surface area contributed by atoms with Crippen LogP contribution in [0.3, 0.4) is 0 Å². The number of benzene rings is 3. The molecule has 0 spiro atoms. The summed E-state index contributed by atoms with van der Waals surface area (Å²) in [6, 6.07) is 20.8. The van der Waals surface area contributed by atoms with Crippen LogP contribution in [0.2, 0.25) is 0 Å². The lowest BCUT2D eigenvalue weighted by Gasteiger charge is -2.33. The molecule has 34 heavy (non-hydrogen) atoms. The van der Waals surface area contributed by atoms with E-state index in [1.165, 1.54) is 0 Å². The van der Waals surface area contributed by atoms with Gasteiger partial charge in [-0.25, -0.2) is 0 Å². The highest BCUT2D eigenvalue weighted by Gasteiger charge is 2.31. The van der Waals surface area contributed by atoms with E-state index >= 15 is 0 Å². The first-order valence-electron chi connectivity index (χ1n) is 11.1. The molecule has 4 rings (SSSR count). The van der Waals surface area contributed by atoms with Crippen molar-refractivity contribution in [2.75, 3.05) is 24.4 Å². The third kappa shape index (κ3) is 5.14. The van der Waals surface area contributed by atoms with Crippen molar-refractivity contribution < 1.29 is 23.8 Å². The topological polar surface area (TPSA) is 77.1 Å². The number of aryl methyl sites for hydroxylation is 1. The van der Waals surface area contributed by atoms with Crippen LogP contribution in [0.5, 0.6) is 17.2 Å². The molecule has 1 N–H and O–H groups in total. The number of fused-ring (bicyclic) bond motifs is 1. The lowest BCUT2D eigenvalue weighted by atomic mass is 10.1. The fourth-order valence-electron chi connectivity index (χ4n) is 3.93. The molecule has 176 valence electrons. The molecule has 1 heterocycles. The highest BCUT2D eigenvalue weighted by atomic mass is 16.5. The van der Waals surface area contributed by atoms with Crippen molar-refractivity contribution in [3.8, 4) is 17.2 Å². The summed E-state index contributed by atoms with van der Waals surface area (Å²) in [5.74, 6) is 1.66. The first-order valence-corrected chi connectivity index (χ1v) is 11.1. The van der Waals surface area contributed by atoms with Gasteiger partial charge in [0.05, 0.1) is 26.5 Å². The number of carbonyl (C=O) groups excluding carboxylic acids is 2. The Balaban J connectivity index is 1.46. The average Bonchev–Trinajstić information content (AvgIpc) is 2.86. The predicted octanol–water partition coefficient (Wildman–Crippen LogP) is 4.59. The Labute approximate surface area is 199 Å². The summed E-state index contributed by atoms with van der Waals surface area (Å²) < 4.78 is 16.4. The van der Waals surface area contributed by atoms with Crippen LogP contribution in [-0.4, -0.2) is 32.1 Å². The largest absolute Gasteiger partial charge is 0.493 e. The maximum Gasteiger partial charge on any atom is 0.268 e. The summed E-state index contributed by atoms with van der Waals surface area (Å²) in [5, 5.41) is 2.94. The highest BCUT2D eigenvalue weighted by Crippen LogP contribution is 2.37. The fourth-order valence-corrected chi connectivity index (χ4v) is 3.93. The molecule has 0 saturated carbocycles. The molecule has 0 radical (unpaired) electrons. The van der Waals surface area contributed by atoms with Gasteiger partial charge in [-0.15, -0.1) is 0 Å². The van der Waals surface area contributed by atoms with Crippen molar-refractivity contribution in [1.82, 2.24) is 0 Å². The van der Waals surface area contributed by atoms with Crippen molar-refractivity contribution in [3.63, 3.8) is 0 Å². The number of anilines is 2. The van der Waals surface area contributed by atoms with E-state index in [2.05, 4.69) is 5.32 Å². The van der Waals surface area contributed by atoms with E-state index in [0.29, 0.717) is 48.0 Å². The number of methoxy groups -OCH3 is 2. The molecule has 1 aliphatic heterocycles. The molecule has 7 heteroatoms. The van der Waals surface area contributed by atoms with Gasteiger partial charge in [0.15, 0.2) is 17.6 Å². The smallest absolute Gasteiger partial charge is 0.268 e. The first-order chi connectivity index (χ1) is 16.5. The van der Waals surface area contributed by atoms with E-state index in [1.807, 2.05) is 48.5 Å². The number of hydrogen-bond donors (Lipinski definition) is 1. The zero-order chi connectivity index (χ0) is 24.1. The SMILES string of the molecule is COc1ccc(CCC(=O)Nc2ccc3c(c2)N(Cc2ccccc2)C(=O)C(C)O3)cc1OC. The van der Waals surface area contributed by atoms with E-state index < -0.39 is 6.10 Å². The third-order valence-electron chi connectivity index (χ3n) is 5.72. The molecule has 1 aliphatic rings. The van der Waals surface area contributed by atoms with Crippen molar-refractivity contribution in [3.05, 3.63) is 77.9 Å². The van der Waals surface area contributed by atoms with E-state index in [0.717, 1.165) is 11.1 Å². The van der Waals surface area contributed by atoms with Gasteiger partial charge in [-0.2, -0.15) is 0 Å². The van der Waals surface area contributed by atoms with Gasteiger partial charge in [0.1, 0.15) is 5.75 Å². The second kappa shape index (κ2) is 10.3. The van der Waals surface area contributed by atoms with Crippen LogP contribution >= 0.6 is 0 Å². The highest BCUT2D eigenvalue weighted by molar-refractivity contribution is 6.01. The number of rotatable bonds is 8. The van der Waals surface area contributed by atoms with Crippen molar-refractivity contribution in [2.24, 2.45) is 0 Å². The molecule has 3 aromatic rings. The van der Waals surface area contributed by atoms with Gasteiger partial charge in [-0.1, -0.05) is 36.4 Å². The summed E-state index contributed by atoms with van der Waals surface area (Å²) in [7, 11) is 3.17. The maximum absolute atomic E-state index is 12.9. The van der Waals surface area contributed by atoms with E-state index in [-0.39, 0.29) is 11.8 Å². The molecule has 0 bridgehead atoms. The van der Waals surface area contributed by atoms with E-state index in [4.69, 9.17) is 14.2 Å². The number of nitrogens with one attached hydrogen (secondary N) is 1. The molecule has 0 fully saturated rings. The van der Waals surface area contributed by atoms with Gasteiger partial charge in [0.25, 0.3) is 5.91 Å². The molecule has 0 aromatic heterocycles. The number of nitrogens with zero attached hydrogens (tertiary/aromatic N) is 1. The number of ether oxygens (including phenoxy) is 3. The Hall–Kier alpha value is -4.00. The minimum atomic E-state index is -0.571. The first kappa shape index (κ1) is 23.2. The Kier molecular flexibility index (Phi) is 7.01. The van der Waals surface area contributed by atoms with Crippen LogP contribution in [0.1, 0.15) is 24.5 Å². The van der Waals surface area contributed by atoms with E-state index in [1.54, 1.807) is 44.2 Å². The molecule has 2 amide bonds. The summed E-state index contributed by atoms with van der Waals surface area (Å²) in [6.45, 7) is 2.17. The molecule has 0 aliphatic carbocycles. The standard InChI is InChI=1S/C27H28N2O5/c1-18-27(31)29(17-20-7-5-4-6-8-20)22-16-21(11-13-23(22)34-18)28-26(30)14-10-19-9-12-24(32-2)25(15-19)33-3/h4-9,11-13,15-16,18H,10,14,17H2,1-3H3,(H,28,30). The van der Waals surface area contributed by atoms with Gasteiger partial charge in [0.2, 0.25) is 5.91 Å². The van der Waals surface area contributed by atoms with Crippen LogP contribution in [-0.2, 0) is 22.6 Å². The summed E-state index contributed by atoms with van der Waals surface area (Å²) in [4.78, 5) is 27.2. The minimum Gasteiger partial charge on any atom is -0.493 e. The van der Waals surface area contributed by atoms with Gasteiger partial charge in [-0.3, -0.25) is 9.59 Å². The maximum atomic E-state index is 12.9. The number of hydrogen-bond acceptors (Lipinski definition) is 5. The molecule has 7 nitrogen and oxygen atoms in total. The van der Waals surface area contributed by atoms with Crippen LogP contribution in [0, 0.1) is 0 Å². The lowest BCUT2D eigenvalue weighted by molar-refractivity contribution is -0.125. The van der Waals surface area contributed by atoms with Crippen LogP contribution in [0.15, 0.2) is 66.7 Å². The zero-order valence-corrected chi connectivity index (χ0v) is 19.5. The third-order valence-corrected chi connectivity index (χ3v) is 5.72. The average molecular weight is 461 g/mol. The van der Waals surface area contributed by atoms with Crippen LogP contribution in [0.25, 0.3) is 0 Å². The predicted molar refractivity (Wildman–Crippen MR) is 131 cm³/mol. The van der Waals surface area contributed by atoms with Crippen molar-refractivity contribution in [2.45, 2.75) is 32.4 Å². The molecule has 1 unspecified atom stereocenters. The minimum absolute atomic E-state index is 0.117.